The van der Waals surface area contributed by atoms with E-state index in [-0.39, 0.29) is 23.4 Å². The van der Waals surface area contributed by atoms with Gasteiger partial charge >= 0.3 is 5.91 Å². The third kappa shape index (κ3) is 4.32. The molecule has 9 nitrogen and oxygen atoms in total. The van der Waals surface area contributed by atoms with E-state index >= 15 is 0 Å². The Morgan fingerprint density at radius 3 is 2.34 bits per heavy atom. The summed E-state index contributed by atoms with van der Waals surface area (Å²) in [5.41, 5.74) is 2.17. The van der Waals surface area contributed by atoms with Crippen molar-refractivity contribution in [3.8, 4) is 17.2 Å². The number of aliphatic hydroxyl groups is 1. The minimum atomic E-state index is -0.984. The Morgan fingerprint density at radius 2 is 1.68 bits per heavy atom. The third-order valence-electron chi connectivity index (χ3n) is 6.27. The van der Waals surface area contributed by atoms with Crippen molar-refractivity contribution in [3.05, 3.63) is 83.4 Å². The molecule has 1 aliphatic heterocycles. The number of amides is 1. The summed E-state index contributed by atoms with van der Waals surface area (Å²) in [5, 5.41) is 11.4. The fourth-order valence-corrected chi connectivity index (χ4v) is 4.56. The summed E-state index contributed by atoms with van der Waals surface area (Å²) in [6.45, 7) is 3.83. The van der Waals surface area contributed by atoms with Crippen molar-refractivity contribution < 1.29 is 28.9 Å². The van der Waals surface area contributed by atoms with Crippen molar-refractivity contribution >= 4 is 34.4 Å². The highest BCUT2D eigenvalue weighted by Gasteiger charge is 2.48. The van der Waals surface area contributed by atoms with Crippen molar-refractivity contribution in [2.45, 2.75) is 26.0 Å². The molecule has 1 aromatic heterocycles. The number of aliphatic hydroxyl groups excluding tert-OH is 1. The first kappa shape index (κ1) is 24.9. The van der Waals surface area contributed by atoms with Crippen LogP contribution in [-0.2, 0) is 9.59 Å². The number of carbonyl (C=O) groups excluding carboxylic acids is 2. The molecule has 38 heavy (non-hydrogen) atoms. The number of carbonyl (C=O) groups is 2. The minimum absolute atomic E-state index is 0.0198. The van der Waals surface area contributed by atoms with Gasteiger partial charge in [-0.3, -0.25) is 14.5 Å². The zero-order valence-corrected chi connectivity index (χ0v) is 21.4. The van der Waals surface area contributed by atoms with Crippen LogP contribution in [0.15, 0.2) is 72.3 Å². The smallest absolute Gasteiger partial charge is 0.302 e. The van der Waals surface area contributed by atoms with Gasteiger partial charge in [0, 0.05) is 5.56 Å². The molecule has 1 unspecified atom stereocenters. The Kier molecular flexibility index (Phi) is 6.50. The molecule has 0 saturated carbocycles. The molecule has 2 heterocycles. The maximum Gasteiger partial charge on any atom is 0.302 e. The number of benzene rings is 3. The fourth-order valence-electron chi connectivity index (χ4n) is 4.56. The van der Waals surface area contributed by atoms with Crippen LogP contribution in [0.4, 0.5) is 5.95 Å². The van der Waals surface area contributed by atoms with E-state index in [4.69, 9.17) is 14.2 Å². The standard InChI is InChI=1S/C29H27N3O6/c1-16(2)38-19-12-9-17(10-13-19)26(33)24-25(18-11-14-22(36-3)23(15-18)37-4)32(28(35)27(24)34)29-30-20-7-5-6-8-21(20)31-29/h5-16,25,33H,1-4H3,(H,30,31)/b26-24+. The molecule has 5 rings (SSSR count). The Hall–Kier alpha value is -4.79. The summed E-state index contributed by atoms with van der Waals surface area (Å²) in [6, 6.07) is 18.1. The minimum Gasteiger partial charge on any atom is -0.507 e. The molecule has 0 aliphatic carbocycles. The lowest BCUT2D eigenvalue weighted by Gasteiger charge is -2.24. The Bertz CT molecular complexity index is 1520. The molecular weight excluding hydrogens is 486 g/mol. The number of Topliss-reactive ketones (excluding diaryl/α,β-unsaturated/α-hetero) is 1. The predicted octanol–water partition coefficient (Wildman–Crippen LogP) is 4.99. The van der Waals surface area contributed by atoms with Crippen LogP contribution in [0.25, 0.3) is 16.8 Å². The Morgan fingerprint density at radius 1 is 0.974 bits per heavy atom. The molecule has 0 spiro atoms. The summed E-state index contributed by atoms with van der Waals surface area (Å²) < 4.78 is 16.5. The van der Waals surface area contributed by atoms with Gasteiger partial charge < -0.3 is 24.3 Å². The molecule has 1 atom stereocenters. The van der Waals surface area contributed by atoms with E-state index in [1.807, 2.05) is 32.0 Å². The second kappa shape index (κ2) is 9.93. The van der Waals surface area contributed by atoms with Gasteiger partial charge in [-0.2, -0.15) is 0 Å². The zero-order valence-electron chi connectivity index (χ0n) is 21.4. The lowest BCUT2D eigenvalue weighted by atomic mass is 9.95. The molecule has 1 amide bonds. The van der Waals surface area contributed by atoms with E-state index < -0.39 is 17.7 Å². The average Bonchev–Trinajstić information content (AvgIpc) is 3.46. The molecule has 1 aliphatic rings. The fraction of sp³-hybridized carbons (Fsp3) is 0.207. The summed E-state index contributed by atoms with van der Waals surface area (Å²) in [6.07, 6.45) is -0.0198. The second-order valence-corrected chi connectivity index (χ2v) is 9.05. The lowest BCUT2D eigenvalue weighted by molar-refractivity contribution is -0.132. The second-order valence-electron chi connectivity index (χ2n) is 9.05. The topological polar surface area (TPSA) is 114 Å². The van der Waals surface area contributed by atoms with Crippen molar-refractivity contribution in [1.82, 2.24) is 9.97 Å². The predicted molar refractivity (Wildman–Crippen MR) is 143 cm³/mol. The van der Waals surface area contributed by atoms with Gasteiger partial charge in [0.05, 0.1) is 43.0 Å². The number of rotatable bonds is 7. The molecule has 2 N–H and O–H groups in total. The van der Waals surface area contributed by atoms with Crippen LogP contribution in [0.5, 0.6) is 17.2 Å². The summed E-state index contributed by atoms with van der Waals surface area (Å²) in [5.74, 6) is -0.246. The van der Waals surface area contributed by atoms with Gasteiger partial charge in [0.1, 0.15) is 11.5 Å². The average molecular weight is 514 g/mol. The number of imidazole rings is 1. The van der Waals surface area contributed by atoms with Gasteiger partial charge in [-0.05, 0) is 67.9 Å². The van der Waals surface area contributed by atoms with E-state index in [9.17, 15) is 14.7 Å². The monoisotopic (exact) mass is 513 g/mol. The van der Waals surface area contributed by atoms with Gasteiger partial charge in [0.15, 0.2) is 11.5 Å². The van der Waals surface area contributed by atoms with Gasteiger partial charge in [0.25, 0.3) is 5.78 Å². The first-order valence-electron chi connectivity index (χ1n) is 12.1. The van der Waals surface area contributed by atoms with E-state index in [0.717, 1.165) is 0 Å². The highest BCUT2D eigenvalue weighted by atomic mass is 16.5. The van der Waals surface area contributed by atoms with Gasteiger partial charge in [0.2, 0.25) is 5.95 Å². The maximum absolute atomic E-state index is 13.5. The highest BCUT2D eigenvalue weighted by Crippen LogP contribution is 2.43. The molecule has 4 aromatic rings. The molecule has 9 heteroatoms. The number of hydrogen-bond acceptors (Lipinski definition) is 7. The highest BCUT2D eigenvalue weighted by molar-refractivity contribution is 6.51. The number of H-pyrrole nitrogens is 1. The third-order valence-corrected chi connectivity index (χ3v) is 6.27. The number of fused-ring (bicyclic) bond motifs is 1. The summed E-state index contributed by atoms with van der Waals surface area (Å²) >= 11 is 0. The molecule has 3 aromatic carbocycles. The number of methoxy groups -OCH3 is 2. The number of anilines is 1. The summed E-state index contributed by atoms with van der Waals surface area (Å²) in [4.78, 5) is 35.9. The van der Waals surface area contributed by atoms with Crippen LogP contribution in [0.1, 0.15) is 31.0 Å². The molecule has 1 fully saturated rings. The molecule has 0 bridgehead atoms. The number of ether oxygens (including phenoxy) is 3. The van der Waals surface area contributed by atoms with Crippen molar-refractivity contribution in [2.24, 2.45) is 0 Å². The van der Waals surface area contributed by atoms with Gasteiger partial charge in [-0.1, -0.05) is 18.2 Å². The largest absolute Gasteiger partial charge is 0.507 e. The SMILES string of the molecule is COc1ccc(C2/C(=C(\O)c3ccc(OC(C)C)cc3)C(=O)C(=O)N2c2nc3ccccc3[nH]2)cc1OC. The molecule has 1 saturated heterocycles. The number of hydrogen-bond donors (Lipinski definition) is 2. The lowest BCUT2D eigenvalue weighted by Crippen LogP contribution is -2.30. The normalized spacial score (nSPS) is 16.9. The number of nitrogens with zero attached hydrogens (tertiary/aromatic N) is 2. The number of nitrogens with one attached hydrogen (secondary N) is 1. The van der Waals surface area contributed by atoms with Crippen LogP contribution in [0.3, 0.4) is 0 Å². The first-order chi connectivity index (χ1) is 18.3. The van der Waals surface area contributed by atoms with Crippen LogP contribution in [-0.4, -0.2) is 47.1 Å². The molecule has 194 valence electrons. The number of aromatic nitrogens is 2. The van der Waals surface area contributed by atoms with E-state index in [1.165, 1.54) is 19.1 Å². The number of aromatic amines is 1. The van der Waals surface area contributed by atoms with Crippen molar-refractivity contribution in [1.29, 1.82) is 0 Å². The van der Waals surface area contributed by atoms with Crippen LogP contribution in [0.2, 0.25) is 0 Å². The van der Waals surface area contributed by atoms with E-state index in [1.54, 1.807) is 48.5 Å². The van der Waals surface area contributed by atoms with E-state index in [2.05, 4.69) is 9.97 Å². The number of ketones is 1. The molecular formula is C29H27N3O6. The van der Waals surface area contributed by atoms with Gasteiger partial charge in [-0.25, -0.2) is 4.98 Å². The zero-order chi connectivity index (χ0) is 27.0. The maximum atomic E-state index is 13.5. The van der Waals surface area contributed by atoms with Crippen molar-refractivity contribution in [3.63, 3.8) is 0 Å². The first-order valence-corrected chi connectivity index (χ1v) is 12.1. The van der Waals surface area contributed by atoms with Crippen LogP contribution in [0, 0.1) is 0 Å². The number of para-hydroxylation sites is 2. The van der Waals surface area contributed by atoms with Crippen LogP contribution < -0.4 is 19.1 Å². The quantitative estimate of drug-likeness (QED) is 0.203. The Labute approximate surface area is 219 Å². The van der Waals surface area contributed by atoms with Crippen LogP contribution >= 0.6 is 0 Å². The van der Waals surface area contributed by atoms with Gasteiger partial charge in [-0.15, -0.1) is 0 Å². The summed E-state index contributed by atoms with van der Waals surface area (Å²) in [7, 11) is 3.02. The molecule has 0 radical (unpaired) electrons. The Balaban J connectivity index is 1.69. The van der Waals surface area contributed by atoms with Crippen molar-refractivity contribution in [2.75, 3.05) is 19.1 Å². The van der Waals surface area contributed by atoms with E-state index in [0.29, 0.717) is 39.4 Å².